The number of primary sulfonamides is 1. The first-order valence-electron chi connectivity index (χ1n) is 5.47. The van der Waals surface area contributed by atoms with Crippen molar-refractivity contribution in [2.24, 2.45) is 5.14 Å². The summed E-state index contributed by atoms with van der Waals surface area (Å²) < 4.78 is 22.5. The molecule has 0 bridgehead atoms. The minimum absolute atomic E-state index is 0.127. The first-order chi connectivity index (χ1) is 8.88. The summed E-state index contributed by atoms with van der Waals surface area (Å²) in [5.41, 5.74) is 3.52. The maximum Gasteiger partial charge on any atom is 0.255 e. The lowest BCUT2D eigenvalue weighted by molar-refractivity contribution is 0.594. The van der Waals surface area contributed by atoms with Crippen molar-refractivity contribution >= 4 is 27.0 Å². The molecule has 0 spiro atoms. The topological polar surface area (TPSA) is 89.2 Å². The molecule has 0 radical (unpaired) electrons. The molecule has 2 rings (SSSR count). The zero-order valence-electron chi connectivity index (χ0n) is 10.6. The van der Waals surface area contributed by atoms with Gasteiger partial charge in [-0.25, -0.2) is 23.5 Å². The van der Waals surface area contributed by atoms with Crippen molar-refractivity contribution in [3.63, 3.8) is 0 Å². The molecule has 0 aromatic carbocycles. The minimum Gasteiger partial charge on any atom is -0.369 e. The van der Waals surface area contributed by atoms with Crippen LogP contribution in [0.5, 0.6) is 0 Å². The second-order valence-corrected chi connectivity index (χ2v) is 6.56. The largest absolute Gasteiger partial charge is 0.369 e. The van der Waals surface area contributed by atoms with E-state index in [0.29, 0.717) is 6.54 Å². The molecule has 6 nitrogen and oxygen atoms in total. The van der Waals surface area contributed by atoms with Gasteiger partial charge in [-0.2, -0.15) is 0 Å². The molecule has 2 aromatic rings. The Kier molecular flexibility index (Phi) is 3.83. The Bertz CT molecular complexity index is 682. The fourth-order valence-electron chi connectivity index (χ4n) is 1.58. The lowest BCUT2D eigenvalue weighted by atomic mass is 10.3. The highest BCUT2D eigenvalue weighted by molar-refractivity contribution is 7.89. The summed E-state index contributed by atoms with van der Waals surface area (Å²) in [6, 6.07) is 3.21. The van der Waals surface area contributed by atoms with Gasteiger partial charge in [-0.3, -0.25) is 0 Å². The molecule has 0 amide bonds. The molecule has 8 heteroatoms. The van der Waals surface area contributed by atoms with Crippen LogP contribution < -0.4 is 10.0 Å². The number of anilines is 1. The molecular formula is C11H14N4O2S2. The number of aromatic nitrogens is 2. The van der Waals surface area contributed by atoms with E-state index in [1.165, 1.54) is 12.3 Å². The Morgan fingerprint density at radius 2 is 2.16 bits per heavy atom. The van der Waals surface area contributed by atoms with E-state index < -0.39 is 10.0 Å². The third kappa shape index (κ3) is 3.28. The van der Waals surface area contributed by atoms with Crippen LogP contribution in [0.1, 0.15) is 10.6 Å². The van der Waals surface area contributed by atoms with Gasteiger partial charge in [-0.05, 0) is 13.0 Å². The second-order valence-electron chi connectivity index (χ2n) is 4.11. The van der Waals surface area contributed by atoms with E-state index in [4.69, 9.17) is 5.14 Å². The van der Waals surface area contributed by atoms with E-state index in [9.17, 15) is 8.42 Å². The average Bonchev–Trinajstić information content (AvgIpc) is 2.74. The maximum atomic E-state index is 11.3. The van der Waals surface area contributed by atoms with Crippen LogP contribution in [0.4, 0.5) is 5.69 Å². The fraction of sp³-hybridized carbons (Fsp3) is 0.273. The Morgan fingerprint density at radius 3 is 2.74 bits per heavy atom. The van der Waals surface area contributed by atoms with Crippen molar-refractivity contribution in [3.05, 3.63) is 34.4 Å². The lowest BCUT2D eigenvalue weighted by Crippen LogP contribution is -2.18. The molecule has 0 saturated carbocycles. The van der Waals surface area contributed by atoms with Gasteiger partial charge in [0.25, 0.3) is 10.0 Å². The first-order valence-corrected chi connectivity index (χ1v) is 7.89. The number of rotatable bonds is 4. The van der Waals surface area contributed by atoms with Crippen LogP contribution in [0.25, 0.3) is 0 Å². The SMILES string of the molecule is Cc1ncsc1CN(C)c1ccnc(S(N)(=O)=O)c1. The number of hydrogen-bond donors (Lipinski definition) is 1. The van der Waals surface area contributed by atoms with Crippen LogP contribution in [-0.2, 0) is 16.6 Å². The van der Waals surface area contributed by atoms with Crippen molar-refractivity contribution in [3.8, 4) is 0 Å². The molecule has 19 heavy (non-hydrogen) atoms. The molecular weight excluding hydrogens is 284 g/mol. The molecule has 0 aliphatic rings. The van der Waals surface area contributed by atoms with E-state index in [0.717, 1.165) is 16.3 Å². The van der Waals surface area contributed by atoms with E-state index >= 15 is 0 Å². The molecule has 102 valence electrons. The number of nitrogens with zero attached hydrogens (tertiary/aromatic N) is 3. The summed E-state index contributed by atoms with van der Waals surface area (Å²) in [7, 11) is -1.90. The predicted octanol–water partition coefficient (Wildman–Crippen LogP) is 1.13. The summed E-state index contributed by atoms with van der Waals surface area (Å²) in [5, 5.41) is 4.94. The summed E-state index contributed by atoms with van der Waals surface area (Å²) in [5.74, 6) is 0. The highest BCUT2D eigenvalue weighted by atomic mass is 32.2. The van der Waals surface area contributed by atoms with Crippen molar-refractivity contribution in [2.45, 2.75) is 18.5 Å². The highest BCUT2D eigenvalue weighted by Gasteiger charge is 2.12. The van der Waals surface area contributed by atoms with E-state index in [1.807, 2.05) is 18.9 Å². The Hall–Kier alpha value is -1.51. The maximum absolute atomic E-state index is 11.3. The van der Waals surface area contributed by atoms with Crippen molar-refractivity contribution in [2.75, 3.05) is 11.9 Å². The second kappa shape index (κ2) is 5.24. The zero-order valence-corrected chi connectivity index (χ0v) is 12.2. The molecule has 2 aromatic heterocycles. The van der Waals surface area contributed by atoms with Gasteiger partial charge in [0.15, 0.2) is 5.03 Å². The Morgan fingerprint density at radius 1 is 1.42 bits per heavy atom. The van der Waals surface area contributed by atoms with Crippen LogP contribution in [0.2, 0.25) is 0 Å². The van der Waals surface area contributed by atoms with E-state index in [2.05, 4.69) is 9.97 Å². The number of sulfonamides is 1. The van der Waals surface area contributed by atoms with Gasteiger partial charge in [-0.1, -0.05) is 0 Å². The molecule has 2 N–H and O–H groups in total. The van der Waals surface area contributed by atoms with Crippen LogP contribution in [0, 0.1) is 6.92 Å². The number of nitrogens with two attached hydrogens (primary N) is 1. The fourth-order valence-corrected chi connectivity index (χ4v) is 2.90. The zero-order chi connectivity index (χ0) is 14.0. The Labute approximate surface area is 116 Å². The van der Waals surface area contributed by atoms with Gasteiger partial charge in [0, 0.05) is 29.9 Å². The Balaban J connectivity index is 2.25. The van der Waals surface area contributed by atoms with Gasteiger partial charge >= 0.3 is 0 Å². The van der Waals surface area contributed by atoms with E-state index in [-0.39, 0.29) is 5.03 Å². The van der Waals surface area contributed by atoms with Gasteiger partial charge in [0.2, 0.25) is 0 Å². The van der Waals surface area contributed by atoms with Gasteiger partial charge < -0.3 is 4.90 Å². The number of aryl methyl sites for hydroxylation is 1. The predicted molar refractivity (Wildman–Crippen MR) is 74.6 cm³/mol. The number of thiazole rings is 1. The molecule has 0 fully saturated rings. The van der Waals surface area contributed by atoms with Crippen LogP contribution in [0.3, 0.4) is 0 Å². The van der Waals surface area contributed by atoms with Crippen LogP contribution >= 0.6 is 11.3 Å². The van der Waals surface area contributed by atoms with Gasteiger partial charge in [0.05, 0.1) is 17.7 Å². The summed E-state index contributed by atoms with van der Waals surface area (Å²) in [6.45, 7) is 2.60. The first kappa shape index (κ1) is 13.9. The molecule has 2 heterocycles. The van der Waals surface area contributed by atoms with Crippen LogP contribution in [0.15, 0.2) is 28.9 Å². The molecule has 0 aliphatic carbocycles. The van der Waals surface area contributed by atoms with Gasteiger partial charge in [-0.15, -0.1) is 11.3 Å². The standard InChI is InChI=1S/C11H14N4O2S2/c1-8-10(18-7-14-8)6-15(2)9-3-4-13-11(5-9)19(12,16)17/h3-5,7H,6H2,1-2H3,(H2,12,16,17). The minimum atomic E-state index is -3.78. The van der Waals surface area contributed by atoms with Crippen LogP contribution in [-0.4, -0.2) is 25.4 Å². The lowest BCUT2D eigenvalue weighted by Gasteiger charge is -2.18. The smallest absolute Gasteiger partial charge is 0.255 e. The monoisotopic (exact) mass is 298 g/mol. The average molecular weight is 298 g/mol. The third-order valence-corrected chi connectivity index (χ3v) is 4.40. The molecule has 0 aliphatic heterocycles. The van der Waals surface area contributed by atoms with Crippen molar-refractivity contribution in [1.29, 1.82) is 0 Å². The molecule has 0 unspecified atom stereocenters. The summed E-state index contributed by atoms with van der Waals surface area (Å²) in [4.78, 5) is 11.0. The van der Waals surface area contributed by atoms with E-state index in [1.54, 1.807) is 22.9 Å². The quantitative estimate of drug-likeness (QED) is 0.914. The summed E-state index contributed by atoms with van der Waals surface area (Å²) in [6.07, 6.45) is 1.44. The third-order valence-electron chi connectivity index (χ3n) is 2.68. The van der Waals surface area contributed by atoms with Crippen molar-refractivity contribution in [1.82, 2.24) is 9.97 Å². The normalized spacial score (nSPS) is 11.5. The number of pyridine rings is 1. The highest BCUT2D eigenvalue weighted by Crippen LogP contribution is 2.20. The molecule has 0 saturated heterocycles. The summed E-state index contributed by atoms with van der Waals surface area (Å²) >= 11 is 1.57. The van der Waals surface area contributed by atoms with Gasteiger partial charge in [0.1, 0.15) is 0 Å². The number of hydrogen-bond acceptors (Lipinski definition) is 6. The van der Waals surface area contributed by atoms with Crippen molar-refractivity contribution < 1.29 is 8.42 Å². The molecule has 0 atom stereocenters.